The first-order valence-corrected chi connectivity index (χ1v) is 6.48. The zero-order valence-electron chi connectivity index (χ0n) is 10.8. The van der Waals surface area contributed by atoms with Crippen LogP contribution in [0.5, 0.6) is 5.75 Å². The fraction of sp³-hybridized carbons (Fsp3) is 0.133. The zero-order chi connectivity index (χ0) is 14.4. The Hall–Kier alpha value is -2.38. The minimum atomic E-state index is 0.442. The number of nitriles is 1. The van der Waals surface area contributed by atoms with E-state index in [0.29, 0.717) is 29.4 Å². The molecule has 2 aromatic rings. The maximum Gasteiger partial charge on any atom is 0.119 e. The monoisotopic (exact) mass is 287 g/mol. The zero-order valence-corrected chi connectivity index (χ0v) is 11.5. The standard InChI is InChI=1S/C15H14ClN3O/c16-15-9-13(4-1-11(15)10-17)19-7-8-20-14-5-2-12(18)3-6-14/h1-6,9,19H,7-8,18H2. The number of rotatable bonds is 5. The Morgan fingerprint density at radius 2 is 1.95 bits per heavy atom. The van der Waals surface area contributed by atoms with E-state index in [9.17, 15) is 0 Å². The van der Waals surface area contributed by atoms with E-state index < -0.39 is 0 Å². The van der Waals surface area contributed by atoms with E-state index in [1.54, 1.807) is 24.3 Å². The Labute approximate surface area is 122 Å². The summed E-state index contributed by atoms with van der Waals surface area (Å²) in [5.74, 6) is 0.777. The summed E-state index contributed by atoms with van der Waals surface area (Å²) in [4.78, 5) is 0. The molecule has 0 aliphatic rings. The predicted molar refractivity (Wildman–Crippen MR) is 81.0 cm³/mol. The third kappa shape index (κ3) is 3.81. The van der Waals surface area contributed by atoms with E-state index in [1.165, 1.54) is 0 Å². The summed E-state index contributed by atoms with van der Waals surface area (Å²) in [5, 5.41) is 12.4. The molecule has 0 aliphatic heterocycles. The fourth-order valence-corrected chi connectivity index (χ4v) is 1.87. The molecule has 4 nitrogen and oxygen atoms in total. The van der Waals surface area contributed by atoms with Gasteiger partial charge in [0.15, 0.2) is 0 Å². The highest BCUT2D eigenvalue weighted by molar-refractivity contribution is 6.32. The highest BCUT2D eigenvalue weighted by Gasteiger charge is 2.00. The molecule has 0 atom stereocenters. The summed E-state index contributed by atoms with van der Waals surface area (Å²) in [5.41, 5.74) is 7.63. The summed E-state index contributed by atoms with van der Waals surface area (Å²) >= 11 is 5.95. The van der Waals surface area contributed by atoms with Gasteiger partial charge in [-0.25, -0.2) is 0 Å². The molecule has 0 aromatic heterocycles. The Bertz CT molecular complexity index is 620. The van der Waals surface area contributed by atoms with Crippen molar-refractivity contribution in [2.75, 3.05) is 24.2 Å². The van der Waals surface area contributed by atoms with Crippen LogP contribution in [0.4, 0.5) is 11.4 Å². The summed E-state index contributed by atoms with van der Waals surface area (Å²) in [7, 11) is 0. The van der Waals surface area contributed by atoms with Gasteiger partial charge in [0.25, 0.3) is 0 Å². The van der Waals surface area contributed by atoms with Crippen molar-refractivity contribution in [2.24, 2.45) is 0 Å². The number of nitrogens with zero attached hydrogens (tertiary/aromatic N) is 1. The third-order valence-electron chi connectivity index (χ3n) is 2.67. The van der Waals surface area contributed by atoms with Crippen LogP contribution in [0.15, 0.2) is 42.5 Å². The first-order valence-electron chi connectivity index (χ1n) is 6.11. The lowest BCUT2D eigenvalue weighted by molar-refractivity contribution is 0.333. The van der Waals surface area contributed by atoms with Gasteiger partial charge < -0.3 is 15.8 Å². The molecule has 0 saturated heterocycles. The summed E-state index contributed by atoms with van der Waals surface area (Å²) in [6.07, 6.45) is 0. The van der Waals surface area contributed by atoms with E-state index in [1.807, 2.05) is 24.3 Å². The number of hydrogen-bond acceptors (Lipinski definition) is 4. The number of hydrogen-bond donors (Lipinski definition) is 2. The maximum atomic E-state index is 8.79. The van der Waals surface area contributed by atoms with Crippen molar-refractivity contribution in [1.82, 2.24) is 0 Å². The quantitative estimate of drug-likeness (QED) is 0.654. The van der Waals surface area contributed by atoms with Crippen molar-refractivity contribution < 1.29 is 4.74 Å². The van der Waals surface area contributed by atoms with Crippen molar-refractivity contribution in [3.05, 3.63) is 53.1 Å². The maximum absolute atomic E-state index is 8.79. The number of nitrogens with two attached hydrogens (primary N) is 1. The SMILES string of the molecule is N#Cc1ccc(NCCOc2ccc(N)cc2)cc1Cl. The molecular weight excluding hydrogens is 274 g/mol. The second-order valence-electron chi connectivity index (χ2n) is 4.15. The lowest BCUT2D eigenvalue weighted by Gasteiger charge is -2.09. The number of ether oxygens (including phenoxy) is 1. The summed E-state index contributed by atoms with van der Waals surface area (Å²) in [6, 6.07) is 14.5. The van der Waals surface area contributed by atoms with Crippen LogP contribution in [0.25, 0.3) is 0 Å². The number of halogens is 1. The minimum absolute atomic E-state index is 0.442. The van der Waals surface area contributed by atoms with Gasteiger partial charge >= 0.3 is 0 Å². The van der Waals surface area contributed by atoms with Crippen LogP contribution in [-0.4, -0.2) is 13.2 Å². The van der Waals surface area contributed by atoms with E-state index >= 15 is 0 Å². The summed E-state index contributed by atoms with van der Waals surface area (Å²) < 4.78 is 5.55. The van der Waals surface area contributed by atoms with Crippen molar-refractivity contribution in [2.45, 2.75) is 0 Å². The van der Waals surface area contributed by atoms with E-state index in [-0.39, 0.29) is 0 Å². The molecule has 3 N–H and O–H groups in total. The Morgan fingerprint density at radius 1 is 1.20 bits per heavy atom. The topological polar surface area (TPSA) is 71.1 Å². The lowest BCUT2D eigenvalue weighted by atomic mass is 10.2. The molecule has 2 aromatic carbocycles. The highest BCUT2D eigenvalue weighted by Crippen LogP contribution is 2.20. The molecule has 2 rings (SSSR count). The molecule has 20 heavy (non-hydrogen) atoms. The largest absolute Gasteiger partial charge is 0.492 e. The van der Waals surface area contributed by atoms with Crippen molar-refractivity contribution in [3.8, 4) is 11.8 Å². The molecule has 5 heteroatoms. The van der Waals surface area contributed by atoms with Crippen molar-refractivity contribution >= 4 is 23.0 Å². The summed E-state index contributed by atoms with van der Waals surface area (Å²) in [6.45, 7) is 1.15. The number of benzene rings is 2. The predicted octanol–water partition coefficient (Wildman–Crippen LogP) is 3.28. The average molecular weight is 288 g/mol. The van der Waals surface area contributed by atoms with E-state index in [4.69, 9.17) is 27.3 Å². The lowest BCUT2D eigenvalue weighted by Crippen LogP contribution is -2.11. The minimum Gasteiger partial charge on any atom is -0.492 e. The van der Waals surface area contributed by atoms with Gasteiger partial charge in [-0.2, -0.15) is 5.26 Å². The van der Waals surface area contributed by atoms with Crippen LogP contribution < -0.4 is 15.8 Å². The number of nitrogen functional groups attached to an aromatic ring is 1. The van der Waals surface area contributed by atoms with Crippen molar-refractivity contribution in [3.63, 3.8) is 0 Å². The Balaban J connectivity index is 1.80. The molecule has 0 unspecified atom stereocenters. The van der Waals surface area contributed by atoms with E-state index in [2.05, 4.69) is 5.32 Å². The van der Waals surface area contributed by atoms with Crippen LogP contribution in [0.3, 0.4) is 0 Å². The molecule has 0 radical (unpaired) electrons. The normalized spacial score (nSPS) is 9.80. The van der Waals surface area contributed by atoms with Crippen molar-refractivity contribution in [1.29, 1.82) is 5.26 Å². The van der Waals surface area contributed by atoms with Crippen LogP contribution in [-0.2, 0) is 0 Å². The first kappa shape index (κ1) is 14.0. The Kier molecular flexibility index (Phi) is 4.70. The second kappa shape index (κ2) is 6.69. The first-order chi connectivity index (χ1) is 9.69. The smallest absolute Gasteiger partial charge is 0.119 e. The van der Waals surface area contributed by atoms with Gasteiger partial charge in [-0.15, -0.1) is 0 Å². The van der Waals surface area contributed by atoms with Crippen LogP contribution >= 0.6 is 11.6 Å². The van der Waals surface area contributed by atoms with Crippen LogP contribution in [0, 0.1) is 11.3 Å². The van der Waals surface area contributed by atoms with E-state index in [0.717, 1.165) is 11.4 Å². The van der Waals surface area contributed by atoms with Gasteiger partial charge in [-0.05, 0) is 42.5 Å². The number of nitrogens with one attached hydrogen (secondary N) is 1. The van der Waals surface area contributed by atoms with Gasteiger partial charge in [0.1, 0.15) is 18.4 Å². The average Bonchev–Trinajstić information content (AvgIpc) is 2.46. The molecule has 0 fully saturated rings. The Morgan fingerprint density at radius 3 is 2.60 bits per heavy atom. The fourth-order valence-electron chi connectivity index (χ4n) is 1.64. The molecule has 102 valence electrons. The van der Waals surface area contributed by atoms with Crippen LogP contribution in [0.1, 0.15) is 5.56 Å². The molecule has 0 heterocycles. The van der Waals surface area contributed by atoms with Gasteiger partial charge in [0.05, 0.1) is 10.6 Å². The molecule has 0 saturated carbocycles. The molecule has 0 bridgehead atoms. The molecule has 0 aliphatic carbocycles. The molecule has 0 amide bonds. The van der Waals surface area contributed by atoms with Gasteiger partial charge in [-0.3, -0.25) is 0 Å². The highest BCUT2D eigenvalue weighted by atomic mass is 35.5. The molecular formula is C15H14ClN3O. The molecule has 0 spiro atoms. The van der Waals surface area contributed by atoms with Gasteiger partial charge in [0.2, 0.25) is 0 Å². The third-order valence-corrected chi connectivity index (χ3v) is 2.98. The van der Waals surface area contributed by atoms with Gasteiger partial charge in [-0.1, -0.05) is 11.6 Å². The van der Waals surface area contributed by atoms with Crippen LogP contribution in [0.2, 0.25) is 5.02 Å². The van der Waals surface area contributed by atoms with Gasteiger partial charge in [0, 0.05) is 17.9 Å². The second-order valence-corrected chi connectivity index (χ2v) is 4.56. The number of anilines is 2.